The van der Waals surface area contributed by atoms with Crippen LogP contribution in [0.5, 0.6) is 5.75 Å². The summed E-state index contributed by atoms with van der Waals surface area (Å²) in [6.45, 7) is 6.00. The van der Waals surface area contributed by atoms with E-state index in [1.54, 1.807) is 13.0 Å². The molecule has 0 radical (unpaired) electrons. The first-order chi connectivity index (χ1) is 12.4. The number of aromatic nitrogens is 1. The lowest BCUT2D eigenvalue weighted by atomic mass is 10.2. The van der Waals surface area contributed by atoms with Gasteiger partial charge in [0.15, 0.2) is 5.82 Å². The molecule has 0 bridgehead atoms. The standard InChI is InChI=1S/C18H23N3O4S/c1-12-4-6-15(7-5-12)24-9-13(2)19-17(22)10-26-11-18(23)20-16-8-14(3)25-21-16/h4-8,13H,9-11H2,1-3H3,(H,19,22)(H,20,21,23)/t13-/m1/s1. The van der Waals surface area contributed by atoms with E-state index in [0.717, 1.165) is 5.75 Å². The molecule has 2 N–H and O–H groups in total. The fourth-order valence-electron chi connectivity index (χ4n) is 2.05. The Kier molecular flexibility index (Phi) is 7.53. The summed E-state index contributed by atoms with van der Waals surface area (Å²) in [5, 5.41) is 9.13. The molecular formula is C18H23N3O4S. The second-order valence-corrected chi connectivity index (χ2v) is 6.94. The maximum absolute atomic E-state index is 11.9. The Morgan fingerprint density at radius 3 is 2.54 bits per heavy atom. The van der Waals surface area contributed by atoms with Gasteiger partial charge in [-0.25, -0.2) is 0 Å². The van der Waals surface area contributed by atoms with Crippen molar-refractivity contribution in [3.05, 3.63) is 41.7 Å². The molecule has 0 aliphatic rings. The van der Waals surface area contributed by atoms with E-state index in [0.29, 0.717) is 18.2 Å². The van der Waals surface area contributed by atoms with Crippen LogP contribution >= 0.6 is 11.8 Å². The van der Waals surface area contributed by atoms with Crippen molar-refractivity contribution in [1.29, 1.82) is 0 Å². The molecule has 1 atom stereocenters. The maximum Gasteiger partial charge on any atom is 0.235 e. The van der Waals surface area contributed by atoms with Crippen LogP contribution in [0, 0.1) is 13.8 Å². The molecule has 0 fully saturated rings. The number of benzene rings is 1. The smallest absolute Gasteiger partial charge is 0.235 e. The molecule has 2 rings (SSSR count). The Morgan fingerprint density at radius 2 is 1.88 bits per heavy atom. The number of aryl methyl sites for hydroxylation is 2. The number of amides is 2. The van der Waals surface area contributed by atoms with Gasteiger partial charge in [-0.1, -0.05) is 22.9 Å². The predicted octanol–water partition coefficient (Wildman–Crippen LogP) is 2.55. The highest BCUT2D eigenvalue weighted by atomic mass is 32.2. The summed E-state index contributed by atoms with van der Waals surface area (Å²) >= 11 is 1.23. The molecule has 26 heavy (non-hydrogen) atoms. The lowest BCUT2D eigenvalue weighted by Gasteiger charge is -2.15. The summed E-state index contributed by atoms with van der Waals surface area (Å²) in [6, 6.07) is 9.24. The van der Waals surface area contributed by atoms with Gasteiger partial charge in [0, 0.05) is 6.07 Å². The Bertz CT molecular complexity index is 730. The van der Waals surface area contributed by atoms with E-state index in [9.17, 15) is 9.59 Å². The van der Waals surface area contributed by atoms with Crippen LogP contribution < -0.4 is 15.4 Å². The number of hydrogen-bond donors (Lipinski definition) is 2. The van der Waals surface area contributed by atoms with Crippen LogP contribution in [0.25, 0.3) is 0 Å². The Morgan fingerprint density at radius 1 is 1.19 bits per heavy atom. The van der Waals surface area contributed by atoms with Crippen LogP contribution in [0.2, 0.25) is 0 Å². The van der Waals surface area contributed by atoms with Crippen LogP contribution in [0.4, 0.5) is 5.82 Å². The third-order valence-corrected chi connectivity index (χ3v) is 4.22. The summed E-state index contributed by atoms with van der Waals surface area (Å²) in [4.78, 5) is 23.6. The highest BCUT2D eigenvalue weighted by Gasteiger charge is 2.11. The maximum atomic E-state index is 11.9. The lowest BCUT2D eigenvalue weighted by Crippen LogP contribution is -2.38. The first-order valence-electron chi connectivity index (χ1n) is 8.22. The number of carbonyl (C=O) groups excluding carboxylic acids is 2. The van der Waals surface area contributed by atoms with Crippen molar-refractivity contribution < 1.29 is 18.8 Å². The van der Waals surface area contributed by atoms with Gasteiger partial charge in [-0.15, -0.1) is 11.8 Å². The molecule has 0 saturated heterocycles. The average molecular weight is 377 g/mol. The van der Waals surface area contributed by atoms with E-state index in [1.807, 2.05) is 38.1 Å². The summed E-state index contributed by atoms with van der Waals surface area (Å²) in [5.74, 6) is 1.75. The van der Waals surface area contributed by atoms with Crippen LogP contribution in [0.3, 0.4) is 0 Å². The van der Waals surface area contributed by atoms with Crippen molar-refractivity contribution in [1.82, 2.24) is 10.5 Å². The largest absolute Gasteiger partial charge is 0.491 e. The fourth-order valence-corrected chi connectivity index (χ4v) is 2.68. The molecule has 0 saturated carbocycles. The van der Waals surface area contributed by atoms with Crippen LogP contribution in [-0.4, -0.2) is 41.1 Å². The number of nitrogens with zero attached hydrogens (tertiary/aromatic N) is 1. The van der Waals surface area contributed by atoms with E-state index in [1.165, 1.54) is 17.3 Å². The number of nitrogens with one attached hydrogen (secondary N) is 2. The molecule has 0 spiro atoms. The zero-order chi connectivity index (χ0) is 18.9. The van der Waals surface area contributed by atoms with Crippen molar-refractivity contribution in [2.45, 2.75) is 26.8 Å². The second kappa shape index (κ2) is 9.86. The van der Waals surface area contributed by atoms with Gasteiger partial charge < -0.3 is 19.9 Å². The first kappa shape index (κ1) is 19.8. The molecule has 1 aromatic carbocycles. The van der Waals surface area contributed by atoms with Gasteiger partial charge in [-0.2, -0.15) is 0 Å². The van der Waals surface area contributed by atoms with Crippen molar-refractivity contribution in [3.8, 4) is 5.75 Å². The van der Waals surface area contributed by atoms with E-state index < -0.39 is 0 Å². The summed E-state index contributed by atoms with van der Waals surface area (Å²) in [5.41, 5.74) is 1.17. The number of hydrogen-bond acceptors (Lipinski definition) is 6. The number of anilines is 1. The van der Waals surface area contributed by atoms with Gasteiger partial charge in [0.05, 0.1) is 17.5 Å². The number of carbonyl (C=O) groups is 2. The topological polar surface area (TPSA) is 93.5 Å². The van der Waals surface area contributed by atoms with Gasteiger partial charge in [-0.05, 0) is 32.9 Å². The Balaban J connectivity index is 1.60. The Hall–Kier alpha value is -2.48. The lowest BCUT2D eigenvalue weighted by molar-refractivity contribution is -0.119. The van der Waals surface area contributed by atoms with Crippen molar-refractivity contribution in [3.63, 3.8) is 0 Å². The van der Waals surface area contributed by atoms with Crippen LogP contribution in [0.1, 0.15) is 18.2 Å². The number of thioether (sulfide) groups is 1. The fraction of sp³-hybridized carbons (Fsp3) is 0.389. The minimum Gasteiger partial charge on any atom is -0.491 e. The highest BCUT2D eigenvalue weighted by Crippen LogP contribution is 2.12. The highest BCUT2D eigenvalue weighted by molar-refractivity contribution is 8.00. The zero-order valence-electron chi connectivity index (χ0n) is 15.1. The molecule has 0 aliphatic heterocycles. The Labute approximate surface area is 156 Å². The summed E-state index contributed by atoms with van der Waals surface area (Å²) in [7, 11) is 0. The third-order valence-electron chi connectivity index (χ3n) is 3.29. The monoisotopic (exact) mass is 377 g/mol. The minimum absolute atomic E-state index is 0.128. The molecular weight excluding hydrogens is 354 g/mol. The molecule has 1 aromatic heterocycles. The van der Waals surface area contributed by atoms with E-state index >= 15 is 0 Å². The van der Waals surface area contributed by atoms with Crippen molar-refractivity contribution in [2.75, 3.05) is 23.4 Å². The molecule has 7 nitrogen and oxygen atoms in total. The molecule has 0 unspecified atom stereocenters. The van der Waals surface area contributed by atoms with E-state index in [-0.39, 0.29) is 29.4 Å². The molecule has 0 aliphatic carbocycles. The van der Waals surface area contributed by atoms with Gasteiger partial charge in [0.2, 0.25) is 11.8 Å². The minimum atomic E-state index is -0.230. The van der Waals surface area contributed by atoms with Crippen molar-refractivity contribution in [2.24, 2.45) is 0 Å². The van der Waals surface area contributed by atoms with Crippen LogP contribution in [0.15, 0.2) is 34.9 Å². The summed E-state index contributed by atoms with van der Waals surface area (Å²) < 4.78 is 10.5. The van der Waals surface area contributed by atoms with Gasteiger partial charge in [0.1, 0.15) is 18.1 Å². The van der Waals surface area contributed by atoms with E-state index in [2.05, 4.69) is 15.8 Å². The third kappa shape index (κ3) is 7.18. The predicted molar refractivity (Wildman–Crippen MR) is 101 cm³/mol. The second-order valence-electron chi connectivity index (χ2n) is 5.96. The molecule has 1 heterocycles. The molecule has 140 valence electrons. The molecule has 2 aromatic rings. The average Bonchev–Trinajstić information content (AvgIpc) is 2.99. The quantitative estimate of drug-likeness (QED) is 0.698. The van der Waals surface area contributed by atoms with Crippen LogP contribution in [-0.2, 0) is 9.59 Å². The van der Waals surface area contributed by atoms with Crippen molar-refractivity contribution >= 4 is 29.4 Å². The van der Waals surface area contributed by atoms with Gasteiger partial charge >= 0.3 is 0 Å². The molecule has 8 heteroatoms. The zero-order valence-corrected chi connectivity index (χ0v) is 15.9. The first-order valence-corrected chi connectivity index (χ1v) is 9.37. The number of ether oxygens (including phenoxy) is 1. The summed E-state index contributed by atoms with van der Waals surface area (Å²) in [6.07, 6.45) is 0. The SMILES string of the molecule is Cc1ccc(OC[C@@H](C)NC(=O)CSCC(=O)Nc2cc(C)on2)cc1. The normalized spacial score (nSPS) is 11.7. The van der Waals surface area contributed by atoms with Gasteiger partial charge in [-0.3, -0.25) is 9.59 Å². The van der Waals surface area contributed by atoms with E-state index in [4.69, 9.17) is 9.26 Å². The van der Waals surface area contributed by atoms with Gasteiger partial charge in [0.25, 0.3) is 0 Å². The molecule has 2 amide bonds. The number of rotatable bonds is 9.